The Hall–Kier alpha value is -0.520. The lowest BCUT2D eigenvalue weighted by atomic mass is 9.92. The largest absolute Gasteiger partial charge is 0.252 e. The van der Waals surface area contributed by atoms with E-state index >= 15 is 0 Å². The van der Waals surface area contributed by atoms with Crippen LogP contribution >= 0.6 is 43.5 Å². The van der Waals surface area contributed by atoms with E-state index in [9.17, 15) is 0 Å². The first kappa shape index (κ1) is 14.9. The minimum absolute atomic E-state index is 0.137. The molecule has 0 aliphatic heterocycles. The van der Waals surface area contributed by atoms with E-state index in [-0.39, 0.29) is 5.41 Å². The molecule has 0 N–H and O–H groups in total. The number of aromatic nitrogens is 3. The molecule has 2 heterocycles. The van der Waals surface area contributed by atoms with Crippen molar-refractivity contribution in [1.29, 1.82) is 0 Å². The van der Waals surface area contributed by atoms with Crippen LogP contribution in [-0.4, -0.2) is 15.0 Å². The first-order valence-electron chi connectivity index (χ1n) is 5.65. The summed E-state index contributed by atoms with van der Waals surface area (Å²) in [4.78, 5) is 13.2. The number of halogens is 3. The molecule has 19 heavy (non-hydrogen) atoms. The maximum absolute atomic E-state index is 6.19. The van der Waals surface area contributed by atoms with Crippen LogP contribution in [0.4, 0.5) is 0 Å². The van der Waals surface area contributed by atoms with Crippen LogP contribution in [0.1, 0.15) is 26.5 Å². The van der Waals surface area contributed by atoms with Gasteiger partial charge in [0, 0.05) is 16.1 Å². The molecule has 0 radical (unpaired) electrons. The maximum atomic E-state index is 6.19. The summed E-state index contributed by atoms with van der Waals surface area (Å²) in [5.41, 5.74) is 1.41. The second kappa shape index (κ2) is 5.46. The second-order valence-electron chi connectivity index (χ2n) is 5.08. The van der Waals surface area contributed by atoms with E-state index < -0.39 is 0 Å². The van der Waals surface area contributed by atoms with Crippen molar-refractivity contribution in [2.75, 3.05) is 0 Å². The lowest BCUT2D eigenvalue weighted by molar-refractivity contribution is 0.564. The summed E-state index contributed by atoms with van der Waals surface area (Å²) in [5, 5.41) is 0.396. The highest BCUT2D eigenvalue weighted by Crippen LogP contribution is 2.34. The Balaban J connectivity index is 2.68. The van der Waals surface area contributed by atoms with Gasteiger partial charge in [0.15, 0.2) is 5.82 Å². The lowest BCUT2D eigenvalue weighted by Gasteiger charge is -2.20. The Labute approximate surface area is 134 Å². The second-order valence-corrected chi connectivity index (χ2v) is 7.09. The Morgan fingerprint density at radius 3 is 2.42 bits per heavy atom. The highest BCUT2D eigenvalue weighted by molar-refractivity contribution is 9.11. The number of pyridine rings is 1. The van der Waals surface area contributed by atoms with Crippen molar-refractivity contribution in [2.45, 2.75) is 26.2 Å². The van der Waals surface area contributed by atoms with Crippen molar-refractivity contribution in [2.24, 2.45) is 0 Å². The van der Waals surface area contributed by atoms with Gasteiger partial charge in [0.1, 0.15) is 10.8 Å². The predicted molar refractivity (Wildman–Crippen MR) is 84.4 cm³/mol. The summed E-state index contributed by atoms with van der Waals surface area (Å²) in [6.07, 6.45) is 1.70. The van der Waals surface area contributed by atoms with Gasteiger partial charge < -0.3 is 0 Å². The Morgan fingerprint density at radius 2 is 1.84 bits per heavy atom. The van der Waals surface area contributed by atoms with Crippen LogP contribution in [0.3, 0.4) is 0 Å². The van der Waals surface area contributed by atoms with E-state index in [4.69, 9.17) is 11.6 Å². The van der Waals surface area contributed by atoms with E-state index in [0.29, 0.717) is 16.7 Å². The Morgan fingerprint density at radius 1 is 1.16 bits per heavy atom. The molecule has 3 nitrogen and oxygen atoms in total. The van der Waals surface area contributed by atoms with Crippen molar-refractivity contribution in [3.63, 3.8) is 0 Å². The van der Waals surface area contributed by atoms with Gasteiger partial charge in [-0.1, -0.05) is 32.4 Å². The zero-order valence-corrected chi connectivity index (χ0v) is 14.6. The van der Waals surface area contributed by atoms with Crippen LogP contribution in [0.2, 0.25) is 5.15 Å². The van der Waals surface area contributed by atoms with Gasteiger partial charge in [-0.2, -0.15) is 0 Å². The summed E-state index contributed by atoms with van der Waals surface area (Å²) >= 11 is 13.1. The molecule has 0 aliphatic rings. The third-order valence-corrected chi connectivity index (χ3v) is 4.38. The van der Waals surface area contributed by atoms with Gasteiger partial charge in [0.2, 0.25) is 0 Å². The zero-order valence-electron chi connectivity index (χ0n) is 10.7. The van der Waals surface area contributed by atoms with Crippen LogP contribution in [0.25, 0.3) is 11.5 Å². The van der Waals surface area contributed by atoms with Gasteiger partial charge in [-0.3, -0.25) is 4.98 Å². The number of nitrogens with zero attached hydrogens (tertiary/aromatic N) is 3. The van der Waals surface area contributed by atoms with Gasteiger partial charge in [0.05, 0.1) is 10.2 Å². The minimum atomic E-state index is -0.137. The quantitative estimate of drug-likeness (QED) is 0.626. The smallest absolute Gasteiger partial charge is 0.181 e. The monoisotopic (exact) mass is 403 g/mol. The summed E-state index contributed by atoms with van der Waals surface area (Å²) in [7, 11) is 0. The molecule has 0 aromatic carbocycles. The fourth-order valence-corrected chi connectivity index (χ4v) is 2.95. The maximum Gasteiger partial charge on any atom is 0.181 e. The molecule has 0 spiro atoms. The molecule has 6 heteroatoms. The molecule has 0 bridgehead atoms. The van der Waals surface area contributed by atoms with Crippen molar-refractivity contribution >= 4 is 43.5 Å². The molecule has 0 atom stereocenters. The van der Waals surface area contributed by atoms with Crippen molar-refractivity contribution < 1.29 is 0 Å². The normalized spacial score (nSPS) is 11.7. The molecular formula is C13H12Br2ClN3. The topological polar surface area (TPSA) is 38.7 Å². The highest BCUT2D eigenvalue weighted by Gasteiger charge is 2.23. The first-order valence-corrected chi connectivity index (χ1v) is 7.61. The molecule has 0 aliphatic carbocycles. The molecule has 0 fully saturated rings. The van der Waals surface area contributed by atoms with E-state index in [1.54, 1.807) is 6.20 Å². The van der Waals surface area contributed by atoms with E-state index in [1.165, 1.54) is 0 Å². The van der Waals surface area contributed by atoms with Gasteiger partial charge >= 0.3 is 0 Å². The van der Waals surface area contributed by atoms with Crippen molar-refractivity contribution in [1.82, 2.24) is 15.0 Å². The number of hydrogen-bond acceptors (Lipinski definition) is 3. The third kappa shape index (κ3) is 3.15. The number of hydrogen-bond donors (Lipinski definition) is 0. The lowest BCUT2D eigenvalue weighted by Crippen LogP contribution is -2.16. The van der Waals surface area contributed by atoms with E-state index in [0.717, 1.165) is 14.6 Å². The summed E-state index contributed by atoms with van der Waals surface area (Å²) < 4.78 is 1.57. The summed E-state index contributed by atoms with van der Waals surface area (Å²) in [6, 6.07) is 3.75. The predicted octanol–water partition coefficient (Wildman–Crippen LogP) is 5.01. The Kier molecular flexibility index (Phi) is 4.28. The van der Waals surface area contributed by atoms with Crippen LogP contribution < -0.4 is 0 Å². The van der Waals surface area contributed by atoms with Gasteiger partial charge in [-0.05, 0) is 44.0 Å². The number of rotatable bonds is 1. The molecule has 0 saturated carbocycles. The fraction of sp³-hybridized carbons (Fsp3) is 0.308. The van der Waals surface area contributed by atoms with Crippen LogP contribution in [-0.2, 0) is 5.41 Å². The first-order chi connectivity index (χ1) is 8.80. The fourth-order valence-electron chi connectivity index (χ4n) is 1.57. The van der Waals surface area contributed by atoms with Gasteiger partial charge in [-0.25, -0.2) is 9.97 Å². The minimum Gasteiger partial charge on any atom is -0.252 e. The van der Waals surface area contributed by atoms with Crippen molar-refractivity contribution in [3.05, 3.63) is 38.1 Å². The third-order valence-electron chi connectivity index (χ3n) is 2.49. The van der Waals surface area contributed by atoms with E-state index in [1.807, 2.05) is 12.1 Å². The van der Waals surface area contributed by atoms with Crippen LogP contribution in [0.5, 0.6) is 0 Å². The standard InChI is InChI=1S/C13H12Br2ClN3/c1-13(2,3)10-8(15)11(16)19-12(18-10)9-7(14)5-4-6-17-9/h4-6H,1-3H3. The average molecular weight is 406 g/mol. The highest BCUT2D eigenvalue weighted by atomic mass is 79.9. The van der Waals surface area contributed by atoms with Gasteiger partial charge in [0.25, 0.3) is 0 Å². The van der Waals surface area contributed by atoms with Gasteiger partial charge in [-0.15, -0.1) is 0 Å². The van der Waals surface area contributed by atoms with Crippen molar-refractivity contribution in [3.8, 4) is 11.5 Å². The SMILES string of the molecule is CC(C)(C)c1nc(-c2ncccc2Br)nc(Cl)c1Br. The van der Waals surface area contributed by atoms with E-state index in [2.05, 4.69) is 67.6 Å². The molecule has 2 aromatic heterocycles. The molecule has 2 aromatic rings. The summed E-state index contributed by atoms with van der Waals surface area (Å²) in [6.45, 7) is 6.23. The molecule has 2 rings (SSSR count). The molecule has 100 valence electrons. The molecular weight excluding hydrogens is 393 g/mol. The summed E-state index contributed by atoms with van der Waals surface area (Å²) in [5.74, 6) is 0.519. The zero-order chi connectivity index (χ0) is 14.2. The molecule has 0 amide bonds. The average Bonchev–Trinajstić information content (AvgIpc) is 2.31. The molecule has 0 saturated heterocycles. The molecule has 0 unspecified atom stereocenters. The Bertz CT molecular complexity index is 624. The van der Waals surface area contributed by atoms with Crippen LogP contribution in [0.15, 0.2) is 27.3 Å². The van der Waals surface area contributed by atoms with Crippen LogP contribution in [0, 0.1) is 0 Å².